The van der Waals surface area contributed by atoms with Gasteiger partial charge in [-0.25, -0.2) is 4.98 Å². The van der Waals surface area contributed by atoms with Crippen LogP contribution < -0.4 is 9.47 Å². The summed E-state index contributed by atoms with van der Waals surface area (Å²) in [5.74, 6) is 2.93. The summed E-state index contributed by atoms with van der Waals surface area (Å²) in [5, 5.41) is 0. The maximum absolute atomic E-state index is 12.8. The smallest absolute Gasteiger partial charge is 0.263 e. The quantitative estimate of drug-likeness (QED) is 0.778. The number of rotatable bonds is 6. The van der Waals surface area contributed by atoms with Crippen LogP contribution in [0.15, 0.2) is 36.7 Å². The van der Waals surface area contributed by atoms with Crippen molar-refractivity contribution in [3.05, 3.63) is 42.5 Å². The first-order chi connectivity index (χ1) is 13.0. The van der Waals surface area contributed by atoms with Crippen molar-refractivity contribution in [1.82, 2.24) is 14.5 Å². The Labute approximate surface area is 161 Å². The number of amides is 1. The van der Waals surface area contributed by atoms with E-state index in [0.717, 1.165) is 31.8 Å². The minimum Gasteiger partial charge on any atom is -0.497 e. The van der Waals surface area contributed by atoms with Crippen molar-refractivity contribution in [3.8, 4) is 11.5 Å². The molecule has 1 unspecified atom stereocenters. The Morgan fingerprint density at radius 1 is 1.19 bits per heavy atom. The van der Waals surface area contributed by atoms with Gasteiger partial charge in [-0.15, -0.1) is 0 Å². The van der Waals surface area contributed by atoms with E-state index in [4.69, 9.17) is 9.47 Å². The van der Waals surface area contributed by atoms with Crippen LogP contribution in [-0.4, -0.2) is 46.7 Å². The first-order valence-electron chi connectivity index (χ1n) is 9.61. The van der Waals surface area contributed by atoms with Gasteiger partial charge in [-0.05, 0) is 45.7 Å². The number of carbonyl (C=O) groups is 1. The third kappa shape index (κ3) is 4.43. The van der Waals surface area contributed by atoms with Crippen molar-refractivity contribution in [1.29, 1.82) is 0 Å². The van der Waals surface area contributed by atoms with Gasteiger partial charge in [0.05, 0.1) is 7.11 Å². The molecule has 27 heavy (non-hydrogen) atoms. The Kier molecular flexibility index (Phi) is 6.04. The third-order valence-electron chi connectivity index (χ3n) is 5.13. The number of hydrogen-bond donors (Lipinski definition) is 0. The molecule has 1 aliphatic rings. The number of ether oxygens (including phenoxy) is 2. The van der Waals surface area contributed by atoms with Gasteiger partial charge >= 0.3 is 0 Å². The van der Waals surface area contributed by atoms with E-state index in [1.807, 2.05) is 35.5 Å². The van der Waals surface area contributed by atoms with Crippen molar-refractivity contribution in [2.45, 2.75) is 51.7 Å². The van der Waals surface area contributed by atoms with E-state index in [1.165, 1.54) is 0 Å². The zero-order valence-corrected chi connectivity index (χ0v) is 16.6. The average Bonchev–Trinajstić information content (AvgIpc) is 3.18. The Balaban J connectivity index is 1.57. The Bertz CT molecular complexity index is 764. The summed E-state index contributed by atoms with van der Waals surface area (Å²) >= 11 is 0. The van der Waals surface area contributed by atoms with Crippen LogP contribution in [0.5, 0.6) is 11.5 Å². The maximum atomic E-state index is 12.8. The lowest BCUT2D eigenvalue weighted by Gasteiger charge is -2.33. The molecular weight excluding hydrogens is 342 g/mol. The molecule has 0 bridgehead atoms. The second-order valence-electron chi connectivity index (χ2n) is 7.33. The monoisotopic (exact) mass is 371 g/mol. The molecule has 6 heteroatoms. The van der Waals surface area contributed by atoms with Gasteiger partial charge < -0.3 is 18.9 Å². The number of piperidine rings is 1. The van der Waals surface area contributed by atoms with Gasteiger partial charge in [-0.2, -0.15) is 0 Å². The van der Waals surface area contributed by atoms with Crippen molar-refractivity contribution in [3.63, 3.8) is 0 Å². The van der Waals surface area contributed by atoms with Gasteiger partial charge in [0.2, 0.25) is 0 Å². The number of hydrogen-bond acceptors (Lipinski definition) is 4. The highest BCUT2D eigenvalue weighted by molar-refractivity contribution is 5.81. The third-order valence-corrected chi connectivity index (χ3v) is 5.13. The molecule has 2 aromatic rings. The van der Waals surface area contributed by atoms with Crippen LogP contribution in [0.3, 0.4) is 0 Å². The normalized spacial score (nSPS) is 16.4. The lowest BCUT2D eigenvalue weighted by Crippen LogP contribution is -2.44. The molecule has 6 nitrogen and oxygen atoms in total. The van der Waals surface area contributed by atoms with Crippen molar-refractivity contribution in [2.24, 2.45) is 0 Å². The van der Waals surface area contributed by atoms with Crippen LogP contribution in [0, 0.1) is 0 Å². The van der Waals surface area contributed by atoms with E-state index in [1.54, 1.807) is 20.1 Å². The molecule has 1 aromatic carbocycles. The number of nitrogens with zero attached hydrogens (tertiary/aromatic N) is 3. The van der Waals surface area contributed by atoms with Crippen molar-refractivity contribution >= 4 is 5.91 Å². The van der Waals surface area contributed by atoms with Gasteiger partial charge in [-0.1, -0.05) is 6.07 Å². The lowest BCUT2D eigenvalue weighted by atomic mass is 9.95. The molecule has 1 aromatic heterocycles. The SMILES string of the molecule is COc1cccc(OC(C)C(=O)N2CCC(c3nccn3C(C)C)CC2)c1. The zero-order valence-electron chi connectivity index (χ0n) is 16.6. The molecule has 0 saturated carbocycles. The van der Waals surface area contributed by atoms with E-state index in [2.05, 4.69) is 23.4 Å². The minimum absolute atomic E-state index is 0.0310. The summed E-state index contributed by atoms with van der Waals surface area (Å²) in [5.41, 5.74) is 0. The number of methoxy groups -OCH3 is 1. The van der Waals surface area contributed by atoms with E-state index >= 15 is 0 Å². The summed E-state index contributed by atoms with van der Waals surface area (Å²) in [6, 6.07) is 7.74. The van der Waals surface area contributed by atoms with E-state index < -0.39 is 6.10 Å². The maximum Gasteiger partial charge on any atom is 0.263 e. The summed E-state index contributed by atoms with van der Waals surface area (Å²) in [7, 11) is 1.61. The Morgan fingerprint density at radius 3 is 2.56 bits per heavy atom. The molecule has 1 saturated heterocycles. The van der Waals surface area contributed by atoms with Crippen LogP contribution >= 0.6 is 0 Å². The number of aromatic nitrogens is 2. The Morgan fingerprint density at radius 2 is 1.89 bits per heavy atom. The van der Waals surface area contributed by atoms with Gasteiger partial charge in [0.15, 0.2) is 6.10 Å². The molecule has 2 heterocycles. The number of likely N-dealkylation sites (tertiary alicyclic amines) is 1. The van der Waals surface area contributed by atoms with E-state index in [-0.39, 0.29) is 5.91 Å². The first-order valence-corrected chi connectivity index (χ1v) is 9.61. The highest BCUT2D eigenvalue weighted by Gasteiger charge is 2.29. The molecule has 0 spiro atoms. The fourth-order valence-electron chi connectivity index (χ4n) is 3.62. The zero-order chi connectivity index (χ0) is 19.4. The Hall–Kier alpha value is -2.50. The lowest BCUT2D eigenvalue weighted by molar-refractivity contribution is -0.139. The van der Waals surface area contributed by atoms with E-state index in [0.29, 0.717) is 23.5 Å². The number of imidazole rings is 1. The number of carbonyl (C=O) groups excluding carboxylic acids is 1. The molecular formula is C21H29N3O3. The second kappa shape index (κ2) is 8.46. The number of benzene rings is 1. The van der Waals surface area contributed by atoms with Gasteiger partial charge in [0, 0.05) is 43.5 Å². The topological polar surface area (TPSA) is 56.6 Å². The molecule has 1 fully saturated rings. The molecule has 146 valence electrons. The first kappa shape index (κ1) is 19.3. The summed E-state index contributed by atoms with van der Waals surface area (Å²) in [6.07, 6.45) is 5.26. The van der Waals surface area contributed by atoms with Crippen LogP contribution in [0.25, 0.3) is 0 Å². The van der Waals surface area contributed by atoms with E-state index in [9.17, 15) is 4.79 Å². The standard InChI is InChI=1S/C21H29N3O3/c1-15(2)24-13-10-22-20(24)17-8-11-23(12-9-17)21(25)16(3)27-19-7-5-6-18(14-19)26-4/h5-7,10,13-17H,8-9,11-12H2,1-4H3. The highest BCUT2D eigenvalue weighted by Crippen LogP contribution is 2.29. The summed E-state index contributed by atoms with van der Waals surface area (Å²) in [6.45, 7) is 7.61. The summed E-state index contributed by atoms with van der Waals surface area (Å²) in [4.78, 5) is 19.2. The molecule has 1 atom stereocenters. The highest BCUT2D eigenvalue weighted by atomic mass is 16.5. The van der Waals surface area contributed by atoms with Crippen molar-refractivity contribution in [2.75, 3.05) is 20.2 Å². The fraction of sp³-hybridized carbons (Fsp3) is 0.524. The van der Waals surface area contributed by atoms with Crippen LogP contribution in [0.1, 0.15) is 51.4 Å². The second-order valence-corrected chi connectivity index (χ2v) is 7.33. The van der Waals surface area contributed by atoms with Crippen molar-refractivity contribution < 1.29 is 14.3 Å². The average molecular weight is 371 g/mol. The van der Waals surface area contributed by atoms with Crippen LogP contribution in [0.4, 0.5) is 0 Å². The van der Waals surface area contributed by atoms with Gasteiger partial charge in [0.1, 0.15) is 17.3 Å². The predicted molar refractivity (Wildman–Crippen MR) is 104 cm³/mol. The summed E-state index contributed by atoms with van der Waals surface area (Å²) < 4.78 is 13.3. The van der Waals surface area contributed by atoms with Gasteiger partial charge in [0.25, 0.3) is 5.91 Å². The minimum atomic E-state index is -0.522. The molecule has 3 rings (SSSR count). The fourth-order valence-corrected chi connectivity index (χ4v) is 3.62. The molecule has 1 amide bonds. The molecule has 0 N–H and O–H groups in total. The predicted octanol–water partition coefficient (Wildman–Crippen LogP) is 3.65. The molecule has 0 aliphatic carbocycles. The molecule has 1 aliphatic heterocycles. The van der Waals surface area contributed by atoms with Crippen LogP contribution in [0.2, 0.25) is 0 Å². The van der Waals surface area contributed by atoms with Crippen LogP contribution in [-0.2, 0) is 4.79 Å². The van der Waals surface area contributed by atoms with Gasteiger partial charge in [-0.3, -0.25) is 4.79 Å². The largest absolute Gasteiger partial charge is 0.497 e. The molecule has 0 radical (unpaired) electrons.